The quantitative estimate of drug-likeness (QED) is 0.374. The fourth-order valence-electron chi connectivity index (χ4n) is 5.01. The smallest absolute Gasteiger partial charge is 0.263 e. The van der Waals surface area contributed by atoms with Crippen LogP contribution < -0.4 is 9.62 Å². The van der Waals surface area contributed by atoms with Gasteiger partial charge in [0.25, 0.3) is 10.0 Å². The Morgan fingerprint density at radius 2 is 1.95 bits per heavy atom. The maximum atomic E-state index is 13.7. The number of carbonyl (C=O) groups excluding carboxylic acids is 1. The van der Waals surface area contributed by atoms with E-state index < -0.39 is 16.1 Å². The molecule has 8 nitrogen and oxygen atoms in total. The summed E-state index contributed by atoms with van der Waals surface area (Å²) in [6.45, 7) is 7.63. The van der Waals surface area contributed by atoms with Gasteiger partial charge in [0.15, 0.2) is 5.13 Å². The highest BCUT2D eigenvalue weighted by molar-refractivity contribution is 7.93. The Labute approximate surface area is 220 Å². The Morgan fingerprint density at radius 1 is 1.19 bits per heavy atom. The number of carbonyl (C=O) groups is 1. The number of sulfonamides is 1. The predicted molar refractivity (Wildman–Crippen MR) is 146 cm³/mol. The van der Waals surface area contributed by atoms with E-state index in [4.69, 9.17) is 0 Å². The number of hydrogen-bond acceptors (Lipinski definition) is 6. The average Bonchev–Trinajstić information content (AvgIpc) is 3.49. The first-order valence-electron chi connectivity index (χ1n) is 12.0. The van der Waals surface area contributed by atoms with E-state index in [2.05, 4.69) is 14.6 Å². The van der Waals surface area contributed by atoms with Crippen molar-refractivity contribution in [2.75, 3.05) is 29.3 Å². The van der Waals surface area contributed by atoms with Crippen LogP contribution in [0.25, 0.3) is 10.9 Å². The molecule has 0 spiro atoms. The number of piperazine rings is 1. The van der Waals surface area contributed by atoms with E-state index in [1.807, 2.05) is 36.3 Å². The zero-order valence-electron chi connectivity index (χ0n) is 20.8. The van der Waals surface area contributed by atoms with E-state index in [0.29, 0.717) is 24.8 Å². The lowest BCUT2D eigenvalue weighted by Crippen LogP contribution is -2.55. The van der Waals surface area contributed by atoms with Crippen LogP contribution in [0.3, 0.4) is 0 Å². The number of fused-ring (bicyclic) bond motifs is 1. The third kappa shape index (κ3) is 4.93. The first kappa shape index (κ1) is 25.2. The van der Waals surface area contributed by atoms with Crippen molar-refractivity contribution in [1.82, 2.24) is 14.5 Å². The number of nitrogens with zero attached hydrogens (tertiary/aromatic N) is 4. The minimum atomic E-state index is -3.71. The van der Waals surface area contributed by atoms with E-state index in [9.17, 15) is 17.6 Å². The third-order valence-corrected chi connectivity index (χ3v) is 8.99. The SMILES string of the molecule is Cc1cc2cc(F)ccc2n1C(C)C(=O)N1CCN(c2ccc(S(=O)(=O)Nc3nccs3)cc2)CC1C.[HH]. The lowest BCUT2D eigenvalue weighted by molar-refractivity contribution is -0.136. The molecule has 37 heavy (non-hydrogen) atoms. The second kappa shape index (κ2) is 9.79. The molecule has 2 aromatic heterocycles. The summed E-state index contributed by atoms with van der Waals surface area (Å²) in [4.78, 5) is 21.7. The monoisotopic (exact) mass is 543 g/mol. The normalized spacial score (nSPS) is 17.2. The molecule has 2 unspecified atom stereocenters. The average molecular weight is 544 g/mol. The van der Waals surface area contributed by atoms with Crippen molar-refractivity contribution in [3.8, 4) is 0 Å². The fraction of sp³-hybridized carbons (Fsp3) is 0.308. The summed E-state index contributed by atoms with van der Waals surface area (Å²) in [5, 5.41) is 2.81. The summed E-state index contributed by atoms with van der Waals surface area (Å²) in [5.74, 6) is -0.276. The number of thiazole rings is 1. The van der Waals surface area contributed by atoms with Crippen LogP contribution in [0.1, 0.15) is 27.0 Å². The van der Waals surface area contributed by atoms with Crippen LogP contribution in [0.5, 0.6) is 0 Å². The number of aromatic nitrogens is 2. The molecule has 0 bridgehead atoms. The van der Waals surface area contributed by atoms with E-state index >= 15 is 0 Å². The molecule has 1 N–H and O–H groups in total. The Morgan fingerprint density at radius 3 is 2.62 bits per heavy atom. The highest BCUT2D eigenvalue weighted by atomic mass is 32.2. The number of rotatable bonds is 6. The second-order valence-electron chi connectivity index (χ2n) is 9.30. The first-order chi connectivity index (χ1) is 17.6. The minimum Gasteiger partial charge on any atom is -0.368 e. The summed E-state index contributed by atoms with van der Waals surface area (Å²) in [7, 11) is -3.71. The molecular formula is C26H30FN5O3S2. The molecule has 1 amide bonds. The first-order valence-corrected chi connectivity index (χ1v) is 14.4. The zero-order valence-corrected chi connectivity index (χ0v) is 22.4. The molecule has 3 heterocycles. The van der Waals surface area contributed by atoms with Gasteiger partial charge in [-0.05, 0) is 69.3 Å². The minimum absolute atomic E-state index is 0. The number of benzene rings is 2. The highest BCUT2D eigenvalue weighted by Crippen LogP contribution is 2.28. The molecule has 0 radical (unpaired) electrons. The van der Waals surface area contributed by atoms with E-state index in [0.717, 1.165) is 22.3 Å². The topological polar surface area (TPSA) is 87.5 Å². The standard InChI is InChI=1S/C26H28FN5O3S2.H2/c1-17-14-20-15-21(27)4-9-24(20)32(17)19(3)25(33)31-12-11-30(16-18(31)2)22-5-7-23(8-6-22)37(34,35)29-26-28-10-13-36-26;/h4-10,13-15,18-19H,11-12,16H2,1-3H3,(H,28,29);1H. The summed E-state index contributed by atoms with van der Waals surface area (Å²) in [5.41, 5.74) is 2.65. The van der Waals surface area contributed by atoms with Gasteiger partial charge in [-0.3, -0.25) is 9.52 Å². The molecule has 1 fully saturated rings. The van der Waals surface area contributed by atoms with Crippen molar-refractivity contribution >= 4 is 49.0 Å². The second-order valence-corrected chi connectivity index (χ2v) is 11.9. The van der Waals surface area contributed by atoms with Crippen molar-refractivity contribution in [1.29, 1.82) is 0 Å². The highest BCUT2D eigenvalue weighted by Gasteiger charge is 2.32. The van der Waals surface area contributed by atoms with Gasteiger partial charge in [0.05, 0.1) is 4.90 Å². The van der Waals surface area contributed by atoms with Crippen LogP contribution in [0.2, 0.25) is 0 Å². The lowest BCUT2D eigenvalue weighted by atomic mass is 10.1. The number of aryl methyl sites for hydroxylation is 1. The van der Waals surface area contributed by atoms with Gasteiger partial charge in [0, 0.05) is 61.0 Å². The molecule has 0 aliphatic carbocycles. The van der Waals surface area contributed by atoms with Crippen LogP contribution in [-0.4, -0.2) is 54.5 Å². The fourth-order valence-corrected chi connectivity index (χ4v) is 6.80. The van der Waals surface area contributed by atoms with Crippen LogP contribution >= 0.6 is 11.3 Å². The number of hydrogen-bond donors (Lipinski definition) is 1. The zero-order chi connectivity index (χ0) is 26.3. The predicted octanol–water partition coefficient (Wildman–Crippen LogP) is 4.89. The van der Waals surface area contributed by atoms with Gasteiger partial charge < -0.3 is 14.4 Å². The van der Waals surface area contributed by atoms with Gasteiger partial charge in [0.2, 0.25) is 5.91 Å². The van der Waals surface area contributed by atoms with Crippen molar-refractivity contribution in [3.63, 3.8) is 0 Å². The van der Waals surface area contributed by atoms with Crippen LogP contribution in [0, 0.1) is 12.7 Å². The Kier molecular flexibility index (Phi) is 6.67. The van der Waals surface area contributed by atoms with Crippen LogP contribution in [0.4, 0.5) is 15.2 Å². The summed E-state index contributed by atoms with van der Waals surface area (Å²) in [6, 6.07) is 12.8. The molecule has 5 rings (SSSR count). The van der Waals surface area contributed by atoms with Gasteiger partial charge in [-0.1, -0.05) is 0 Å². The molecule has 196 valence electrons. The van der Waals surface area contributed by atoms with Gasteiger partial charge in [-0.25, -0.2) is 17.8 Å². The van der Waals surface area contributed by atoms with E-state index in [1.54, 1.807) is 41.9 Å². The maximum absolute atomic E-state index is 13.7. The van der Waals surface area contributed by atoms with Gasteiger partial charge >= 0.3 is 0 Å². The number of anilines is 2. The summed E-state index contributed by atoms with van der Waals surface area (Å²) in [6.07, 6.45) is 1.54. The molecule has 11 heteroatoms. The van der Waals surface area contributed by atoms with Crippen molar-refractivity contribution < 1.29 is 19.0 Å². The molecule has 2 atom stereocenters. The maximum Gasteiger partial charge on any atom is 0.263 e. The van der Waals surface area contributed by atoms with Crippen molar-refractivity contribution in [3.05, 3.63) is 71.6 Å². The number of amides is 1. The molecule has 2 aromatic carbocycles. The Bertz CT molecular complexity index is 1540. The number of nitrogens with one attached hydrogen (secondary N) is 1. The van der Waals surface area contributed by atoms with Gasteiger partial charge in [0.1, 0.15) is 11.9 Å². The van der Waals surface area contributed by atoms with Gasteiger partial charge in [-0.2, -0.15) is 0 Å². The molecule has 1 saturated heterocycles. The van der Waals surface area contributed by atoms with Gasteiger partial charge in [-0.15, -0.1) is 11.3 Å². The number of halogens is 1. The third-order valence-electron chi connectivity index (χ3n) is 6.81. The van der Waals surface area contributed by atoms with Crippen molar-refractivity contribution in [2.45, 2.75) is 37.8 Å². The Hall–Kier alpha value is -3.44. The lowest BCUT2D eigenvalue weighted by Gasteiger charge is -2.42. The van der Waals surface area contributed by atoms with Crippen molar-refractivity contribution in [2.24, 2.45) is 0 Å². The molecule has 1 aliphatic rings. The summed E-state index contributed by atoms with van der Waals surface area (Å²) >= 11 is 1.22. The molecule has 4 aromatic rings. The summed E-state index contributed by atoms with van der Waals surface area (Å²) < 4.78 is 43.4. The molecule has 0 saturated carbocycles. The Balaban J connectivity index is 0.00000336. The molecule has 1 aliphatic heterocycles. The molecular weight excluding hydrogens is 513 g/mol. The van der Waals surface area contributed by atoms with E-state index in [-0.39, 0.29) is 24.1 Å². The largest absolute Gasteiger partial charge is 0.368 e. The van der Waals surface area contributed by atoms with Crippen LogP contribution in [0.15, 0.2) is 65.0 Å². The van der Waals surface area contributed by atoms with E-state index in [1.165, 1.54) is 23.5 Å². The van der Waals surface area contributed by atoms with Crippen LogP contribution in [-0.2, 0) is 14.8 Å².